The van der Waals surface area contributed by atoms with E-state index in [1.165, 1.54) is 12.8 Å². The summed E-state index contributed by atoms with van der Waals surface area (Å²) in [7, 11) is 0. The van der Waals surface area contributed by atoms with Gasteiger partial charge in [0.05, 0.1) is 9.35 Å². The number of amides is 1. The lowest BCUT2D eigenvalue weighted by atomic mass is 9.78. The van der Waals surface area contributed by atoms with Gasteiger partial charge in [0.15, 0.2) is 0 Å². The molecule has 5 rings (SSSR count). The van der Waals surface area contributed by atoms with E-state index in [-0.39, 0.29) is 30.7 Å². The molecule has 1 aromatic carbocycles. The van der Waals surface area contributed by atoms with Gasteiger partial charge in [0.1, 0.15) is 5.69 Å². The van der Waals surface area contributed by atoms with E-state index in [4.69, 9.17) is 4.98 Å². The lowest BCUT2D eigenvalue weighted by Crippen LogP contribution is -2.35. The number of nitrogens with one attached hydrogen (secondary N) is 3. The second kappa shape index (κ2) is 11.5. The number of carbonyl (C=O) groups is 1. The molecular weight excluding hydrogens is 557 g/mol. The van der Waals surface area contributed by atoms with E-state index in [2.05, 4.69) is 55.9 Å². The Balaban J connectivity index is 0.00000162. The van der Waals surface area contributed by atoms with Gasteiger partial charge in [-0.2, -0.15) is 0 Å². The summed E-state index contributed by atoms with van der Waals surface area (Å²) in [6.45, 7) is 5.43. The Labute approximate surface area is 225 Å². The molecule has 10 heteroatoms. The Bertz CT molecular complexity index is 1150. The summed E-state index contributed by atoms with van der Waals surface area (Å²) >= 11 is 5.27. The van der Waals surface area contributed by atoms with Crippen LogP contribution in [0.2, 0.25) is 0 Å². The number of aromatic nitrogens is 2. The minimum Gasteiger partial charge on any atom is -0.354 e. The average Bonchev–Trinajstić information content (AvgIpc) is 3.49. The molecule has 3 aromatic rings. The van der Waals surface area contributed by atoms with Crippen molar-refractivity contribution < 1.29 is 4.79 Å². The van der Waals surface area contributed by atoms with Crippen LogP contribution < -0.4 is 16.0 Å². The molecule has 3 heterocycles. The zero-order chi connectivity index (χ0) is 22.1. The number of hydrogen-bond acceptors (Lipinski definition) is 6. The molecule has 0 bridgehead atoms. The molecule has 1 saturated carbocycles. The van der Waals surface area contributed by atoms with E-state index < -0.39 is 0 Å². The molecular formula is C24H30BrCl2N5OS. The maximum atomic E-state index is 12.7. The van der Waals surface area contributed by atoms with Crippen molar-refractivity contribution in [3.8, 4) is 10.6 Å². The molecule has 3 N–H and O–H groups in total. The molecule has 2 fully saturated rings. The predicted octanol–water partition coefficient (Wildman–Crippen LogP) is 6.05. The second-order valence-electron chi connectivity index (χ2n) is 9.20. The second-order valence-corrected chi connectivity index (χ2v) is 11.1. The number of halogens is 3. The summed E-state index contributed by atoms with van der Waals surface area (Å²) in [6, 6.07) is 8.33. The van der Waals surface area contributed by atoms with Gasteiger partial charge < -0.3 is 16.0 Å². The zero-order valence-electron chi connectivity index (χ0n) is 19.0. The summed E-state index contributed by atoms with van der Waals surface area (Å²) in [4.78, 5) is 23.0. The number of anilines is 1. The van der Waals surface area contributed by atoms with E-state index in [9.17, 15) is 4.79 Å². The summed E-state index contributed by atoms with van der Waals surface area (Å²) in [5.41, 5.74) is 1.96. The smallest absolute Gasteiger partial charge is 0.252 e. The van der Waals surface area contributed by atoms with Crippen molar-refractivity contribution in [2.45, 2.75) is 45.1 Å². The zero-order valence-corrected chi connectivity index (χ0v) is 23.1. The predicted molar refractivity (Wildman–Crippen MR) is 149 cm³/mol. The number of fused-ring (bicyclic) bond motifs is 1. The number of thiophene rings is 1. The average molecular weight is 587 g/mol. The fourth-order valence-electron chi connectivity index (χ4n) is 4.25. The van der Waals surface area contributed by atoms with Crippen molar-refractivity contribution in [1.29, 1.82) is 0 Å². The van der Waals surface area contributed by atoms with Crippen LogP contribution in [0.25, 0.3) is 20.7 Å². The van der Waals surface area contributed by atoms with E-state index in [1.54, 1.807) is 11.3 Å². The van der Waals surface area contributed by atoms with Crippen LogP contribution in [0.15, 0.2) is 34.9 Å². The molecule has 0 spiro atoms. The summed E-state index contributed by atoms with van der Waals surface area (Å²) in [6.07, 6.45) is 7.49. The molecule has 1 amide bonds. The minimum atomic E-state index is 0. The van der Waals surface area contributed by atoms with Gasteiger partial charge in [-0.05, 0) is 84.7 Å². The monoisotopic (exact) mass is 585 g/mol. The van der Waals surface area contributed by atoms with E-state index >= 15 is 0 Å². The van der Waals surface area contributed by atoms with Crippen molar-refractivity contribution in [3.05, 3.63) is 40.5 Å². The maximum Gasteiger partial charge on any atom is 0.252 e. The Morgan fingerprint density at radius 2 is 2.03 bits per heavy atom. The molecule has 1 saturated heterocycles. The number of benzene rings is 1. The van der Waals surface area contributed by atoms with Crippen LogP contribution in [0.4, 0.5) is 5.95 Å². The third-order valence-electron chi connectivity index (χ3n) is 6.52. The van der Waals surface area contributed by atoms with Gasteiger partial charge in [-0.25, -0.2) is 9.97 Å². The van der Waals surface area contributed by atoms with Crippen LogP contribution in [0, 0.1) is 5.41 Å². The Hall–Kier alpha value is -1.45. The minimum absolute atomic E-state index is 0. The standard InChI is InChI=1S/C24H28BrN5OS.2ClH/c1-24(7-10-26-11-8-24)9-12-27-23-28-14-18(25)21(30-23)20-13-17-16(3-2-4-19(17)32-20)22(31)29-15-5-6-15;;/h2-4,13-15,26H,5-12H2,1H3,(H,29,31)(H,27,28,30);2*1H. The van der Waals surface area contributed by atoms with E-state index in [1.807, 2.05) is 18.3 Å². The number of hydrogen-bond donors (Lipinski definition) is 3. The van der Waals surface area contributed by atoms with Gasteiger partial charge in [0.25, 0.3) is 5.91 Å². The lowest BCUT2D eigenvalue weighted by Gasteiger charge is -2.34. The highest BCUT2D eigenvalue weighted by molar-refractivity contribution is 9.10. The van der Waals surface area contributed by atoms with Gasteiger partial charge in [-0.15, -0.1) is 36.2 Å². The van der Waals surface area contributed by atoms with Gasteiger partial charge in [-0.1, -0.05) is 13.0 Å². The van der Waals surface area contributed by atoms with Gasteiger partial charge >= 0.3 is 0 Å². The summed E-state index contributed by atoms with van der Waals surface area (Å²) in [5, 5.41) is 10.9. The highest BCUT2D eigenvalue weighted by atomic mass is 79.9. The number of rotatable bonds is 7. The quantitative estimate of drug-likeness (QED) is 0.314. The summed E-state index contributed by atoms with van der Waals surface area (Å²) in [5.74, 6) is 0.655. The van der Waals surface area contributed by atoms with Crippen LogP contribution >= 0.6 is 52.1 Å². The van der Waals surface area contributed by atoms with Gasteiger partial charge in [0.2, 0.25) is 5.95 Å². The molecule has 0 radical (unpaired) electrons. The van der Waals surface area contributed by atoms with E-state index in [0.717, 1.165) is 69.6 Å². The maximum absolute atomic E-state index is 12.7. The Morgan fingerprint density at radius 3 is 2.76 bits per heavy atom. The fourth-order valence-corrected chi connectivity index (χ4v) is 5.88. The number of piperidine rings is 1. The lowest BCUT2D eigenvalue weighted by molar-refractivity contribution is 0.0952. The largest absolute Gasteiger partial charge is 0.354 e. The Kier molecular flexibility index (Phi) is 9.20. The molecule has 6 nitrogen and oxygen atoms in total. The third kappa shape index (κ3) is 6.21. The van der Waals surface area contributed by atoms with Gasteiger partial charge in [0, 0.05) is 34.4 Å². The normalized spacial score (nSPS) is 16.9. The van der Waals surface area contributed by atoms with Crippen LogP contribution in [-0.4, -0.2) is 41.6 Å². The molecule has 2 aromatic heterocycles. The first-order valence-corrected chi connectivity index (χ1v) is 12.9. The molecule has 2 aliphatic rings. The highest BCUT2D eigenvalue weighted by Crippen LogP contribution is 2.38. The van der Waals surface area contributed by atoms with Crippen LogP contribution in [-0.2, 0) is 0 Å². The van der Waals surface area contributed by atoms with Crippen molar-refractivity contribution in [3.63, 3.8) is 0 Å². The van der Waals surface area contributed by atoms with Crippen molar-refractivity contribution in [2.75, 3.05) is 25.0 Å². The topological polar surface area (TPSA) is 78.9 Å². The van der Waals surface area contributed by atoms with Crippen molar-refractivity contribution in [2.24, 2.45) is 5.41 Å². The van der Waals surface area contributed by atoms with E-state index in [0.29, 0.717) is 17.4 Å². The first-order chi connectivity index (χ1) is 15.5. The van der Waals surface area contributed by atoms with Crippen LogP contribution in [0.1, 0.15) is 49.4 Å². The molecule has 0 atom stereocenters. The summed E-state index contributed by atoms with van der Waals surface area (Å²) < 4.78 is 1.94. The third-order valence-corrected chi connectivity index (χ3v) is 8.21. The molecule has 0 unspecified atom stereocenters. The first-order valence-electron chi connectivity index (χ1n) is 11.3. The van der Waals surface area contributed by atoms with Crippen LogP contribution in [0.5, 0.6) is 0 Å². The Morgan fingerprint density at radius 1 is 1.26 bits per heavy atom. The van der Waals surface area contributed by atoms with Crippen molar-refractivity contribution >= 4 is 74.0 Å². The molecule has 34 heavy (non-hydrogen) atoms. The fraction of sp³-hybridized carbons (Fsp3) is 0.458. The van der Waals surface area contributed by atoms with Gasteiger partial charge in [-0.3, -0.25) is 4.79 Å². The number of carbonyl (C=O) groups excluding carboxylic acids is 1. The SMILES string of the molecule is CC1(CCNc2ncc(Br)c(-c3cc4c(C(=O)NC5CC5)cccc4s3)n2)CCNCC1.Cl.Cl. The highest BCUT2D eigenvalue weighted by Gasteiger charge is 2.26. The number of nitrogens with zero attached hydrogens (tertiary/aromatic N) is 2. The molecule has 184 valence electrons. The molecule has 1 aliphatic carbocycles. The first kappa shape index (κ1) is 27.1. The van der Waals surface area contributed by atoms with Crippen LogP contribution in [0.3, 0.4) is 0 Å². The van der Waals surface area contributed by atoms with Crippen molar-refractivity contribution in [1.82, 2.24) is 20.6 Å². The molecule has 1 aliphatic heterocycles.